The fourth-order valence-electron chi connectivity index (χ4n) is 3.64. The summed E-state index contributed by atoms with van der Waals surface area (Å²) in [6.07, 6.45) is -0.457. The second-order valence-corrected chi connectivity index (χ2v) is 8.51. The van der Waals surface area contributed by atoms with Crippen molar-refractivity contribution in [3.05, 3.63) is 71.8 Å². The number of hydrogen-bond acceptors (Lipinski definition) is 5. The molecule has 0 saturated heterocycles. The third-order valence-corrected chi connectivity index (χ3v) is 5.62. The van der Waals surface area contributed by atoms with Crippen LogP contribution < -0.4 is 16.8 Å². The molecule has 0 spiro atoms. The smallest absolute Gasteiger partial charge is 0.475 e. The molecule has 1 atom stereocenters. The standard InChI is InChI=1S/C25H36N4O2.C2HF3O2/c26-17-8-7-15-23(25(31)28-18-9-14-21-10-3-1-4-11-21)29(24(30)20-27)19-16-22-12-5-2-6-13-22;3-2(4,5)1(6)7/h1-6,10-13,23H,7-9,14-20,26-27H2,(H,28,31);(H,6,7)/t23-;/m0./s1. The van der Waals surface area contributed by atoms with Gasteiger partial charge in [0.1, 0.15) is 6.04 Å². The molecule has 0 unspecified atom stereocenters. The Morgan fingerprint density at radius 2 is 1.39 bits per heavy atom. The lowest BCUT2D eigenvalue weighted by atomic mass is 10.0. The maximum atomic E-state index is 13.0. The number of alkyl halides is 3. The Hall–Kier alpha value is -3.44. The first-order chi connectivity index (χ1) is 18.1. The van der Waals surface area contributed by atoms with Gasteiger partial charge in [0.15, 0.2) is 0 Å². The van der Waals surface area contributed by atoms with E-state index in [0.717, 1.165) is 31.2 Å². The van der Waals surface area contributed by atoms with E-state index in [0.29, 0.717) is 32.5 Å². The van der Waals surface area contributed by atoms with E-state index in [1.807, 2.05) is 48.5 Å². The molecule has 2 rings (SSSR count). The summed E-state index contributed by atoms with van der Waals surface area (Å²) in [7, 11) is 0. The first-order valence-corrected chi connectivity index (χ1v) is 12.4. The number of benzene rings is 2. The zero-order chi connectivity index (χ0) is 28.4. The molecule has 0 bridgehead atoms. The maximum absolute atomic E-state index is 13.0. The number of nitrogens with one attached hydrogen (secondary N) is 1. The van der Waals surface area contributed by atoms with Crippen molar-refractivity contribution in [3.63, 3.8) is 0 Å². The van der Waals surface area contributed by atoms with Gasteiger partial charge < -0.3 is 26.8 Å². The maximum Gasteiger partial charge on any atom is 0.490 e. The lowest BCUT2D eigenvalue weighted by molar-refractivity contribution is -0.192. The highest BCUT2D eigenvalue weighted by Crippen LogP contribution is 2.14. The SMILES string of the molecule is NCCCC[C@@H](C(=O)NCCCc1ccccc1)N(CCc1ccccc1)C(=O)CN.O=C(O)C(F)(F)F. The van der Waals surface area contributed by atoms with E-state index < -0.39 is 18.2 Å². The second kappa shape index (κ2) is 17.9. The Kier molecular flexibility index (Phi) is 15.4. The highest BCUT2D eigenvalue weighted by Gasteiger charge is 2.38. The number of nitrogens with zero attached hydrogens (tertiary/aromatic N) is 1. The van der Waals surface area contributed by atoms with Crippen molar-refractivity contribution in [2.45, 2.75) is 50.7 Å². The highest BCUT2D eigenvalue weighted by molar-refractivity contribution is 5.88. The minimum absolute atomic E-state index is 0.108. The topological polar surface area (TPSA) is 139 Å². The predicted octanol–water partition coefficient (Wildman–Crippen LogP) is 2.90. The summed E-state index contributed by atoms with van der Waals surface area (Å²) in [6.45, 7) is 1.50. The monoisotopic (exact) mass is 538 g/mol. The van der Waals surface area contributed by atoms with Gasteiger partial charge in [-0.25, -0.2) is 4.79 Å². The number of amides is 2. The van der Waals surface area contributed by atoms with Crippen LogP contribution in [0.4, 0.5) is 13.2 Å². The average molecular weight is 539 g/mol. The predicted molar refractivity (Wildman–Crippen MR) is 139 cm³/mol. The zero-order valence-electron chi connectivity index (χ0n) is 21.3. The number of carboxylic acids is 1. The molecule has 0 aliphatic carbocycles. The summed E-state index contributed by atoms with van der Waals surface area (Å²) in [5, 5.41) is 10.2. The zero-order valence-corrected chi connectivity index (χ0v) is 21.3. The van der Waals surface area contributed by atoms with Gasteiger partial charge in [-0.2, -0.15) is 13.2 Å². The fourth-order valence-corrected chi connectivity index (χ4v) is 3.64. The Labute approximate surface area is 221 Å². The van der Waals surface area contributed by atoms with Gasteiger partial charge >= 0.3 is 12.1 Å². The molecular formula is C27H37F3N4O4. The van der Waals surface area contributed by atoms with Crippen LogP contribution in [0.5, 0.6) is 0 Å². The lowest BCUT2D eigenvalue weighted by Gasteiger charge is -2.31. The van der Waals surface area contributed by atoms with Crippen LogP contribution in [0.25, 0.3) is 0 Å². The van der Waals surface area contributed by atoms with Crippen molar-refractivity contribution in [2.24, 2.45) is 11.5 Å². The first kappa shape index (κ1) is 32.6. The quantitative estimate of drug-likeness (QED) is 0.273. The van der Waals surface area contributed by atoms with Crippen LogP contribution >= 0.6 is 0 Å². The van der Waals surface area contributed by atoms with Crippen molar-refractivity contribution in [3.8, 4) is 0 Å². The van der Waals surface area contributed by atoms with E-state index in [2.05, 4.69) is 17.4 Å². The fraction of sp³-hybridized carbons (Fsp3) is 0.444. The van der Waals surface area contributed by atoms with E-state index in [1.54, 1.807) is 4.90 Å². The second-order valence-electron chi connectivity index (χ2n) is 8.51. The van der Waals surface area contributed by atoms with E-state index in [1.165, 1.54) is 5.56 Å². The molecule has 11 heteroatoms. The number of aliphatic carboxylic acids is 1. The summed E-state index contributed by atoms with van der Waals surface area (Å²) < 4.78 is 31.7. The number of carboxylic acid groups (broad SMARTS) is 1. The number of halogens is 3. The van der Waals surface area contributed by atoms with Crippen molar-refractivity contribution >= 4 is 17.8 Å². The van der Waals surface area contributed by atoms with Crippen LogP contribution in [-0.4, -0.2) is 66.2 Å². The van der Waals surface area contributed by atoms with Gasteiger partial charge in [0.25, 0.3) is 0 Å². The number of carbonyl (C=O) groups excluding carboxylic acids is 2. The van der Waals surface area contributed by atoms with E-state index in [-0.39, 0.29) is 18.4 Å². The van der Waals surface area contributed by atoms with Gasteiger partial charge in [0, 0.05) is 13.1 Å². The van der Waals surface area contributed by atoms with Crippen molar-refractivity contribution < 1.29 is 32.7 Å². The van der Waals surface area contributed by atoms with Gasteiger partial charge in [-0.05, 0) is 56.2 Å². The van der Waals surface area contributed by atoms with Crippen molar-refractivity contribution in [2.75, 3.05) is 26.2 Å². The summed E-state index contributed by atoms with van der Waals surface area (Å²) in [6, 6.07) is 19.6. The van der Waals surface area contributed by atoms with Crippen LogP contribution in [0.15, 0.2) is 60.7 Å². The molecule has 0 fully saturated rings. The molecule has 2 aromatic carbocycles. The largest absolute Gasteiger partial charge is 0.490 e. The molecule has 2 aromatic rings. The number of nitrogens with two attached hydrogens (primary N) is 2. The Morgan fingerprint density at radius 1 is 0.868 bits per heavy atom. The van der Waals surface area contributed by atoms with Crippen molar-refractivity contribution in [1.29, 1.82) is 0 Å². The lowest BCUT2D eigenvalue weighted by Crippen LogP contribution is -2.52. The number of aryl methyl sites for hydroxylation is 1. The molecule has 0 aromatic heterocycles. The van der Waals surface area contributed by atoms with Gasteiger partial charge in [-0.1, -0.05) is 60.7 Å². The molecule has 0 aliphatic heterocycles. The van der Waals surface area contributed by atoms with Gasteiger partial charge in [0.05, 0.1) is 6.54 Å². The molecular weight excluding hydrogens is 501 g/mol. The van der Waals surface area contributed by atoms with E-state index in [4.69, 9.17) is 21.4 Å². The van der Waals surface area contributed by atoms with Crippen LogP contribution in [-0.2, 0) is 27.2 Å². The first-order valence-electron chi connectivity index (χ1n) is 12.4. The summed E-state index contributed by atoms with van der Waals surface area (Å²) in [5.41, 5.74) is 13.7. The Balaban J connectivity index is 0.000000905. The molecule has 0 saturated carbocycles. The van der Waals surface area contributed by atoms with Crippen LogP contribution in [0, 0.1) is 0 Å². The van der Waals surface area contributed by atoms with Gasteiger partial charge in [0.2, 0.25) is 11.8 Å². The van der Waals surface area contributed by atoms with Gasteiger partial charge in [-0.15, -0.1) is 0 Å². The molecule has 38 heavy (non-hydrogen) atoms. The van der Waals surface area contributed by atoms with Crippen LogP contribution in [0.3, 0.4) is 0 Å². The molecule has 2 amide bonds. The molecule has 0 heterocycles. The van der Waals surface area contributed by atoms with Crippen molar-refractivity contribution in [1.82, 2.24) is 10.2 Å². The summed E-state index contributed by atoms with van der Waals surface area (Å²) in [5.74, 6) is -3.07. The highest BCUT2D eigenvalue weighted by atomic mass is 19.4. The average Bonchev–Trinajstić information content (AvgIpc) is 2.91. The third-order valence-electron chi connectivity index (χ3n) is 5.62. The molecule has 6 N–H and O–H groups in total. The van der Waals surface area contributed by atoms with E-state index in [9.17, 15) is 22.8 Å². The summed E-state index contributed by atoms with van der Waals surface area (Å²) in [4.78, 5) is 36.2. The molecule has 0 radical (unpaired) electrons. The summed E-state index contributed by atoms with van der Waals surface area (Å²) >= 11 is 0. The Bertz CT molecular complexity index is 960. The number of hydrogen-bond donors (Lipinski definition) is 4. The number of carbonyl (C=O) groups is 3. The van der Waals surface area contributed by atoms with E-state index >= 15 is 0 Å². The molecule has 8 nitrogen and oxygen atoms in total. The molecule has 210 valence electrons. The normalized spacial score (nSPS) is 11.6. The molecule has 0 aliphatic rings. The van der Waals surface area contributed by atoms with Crippen LogP contribution in [0.1, 0.15) is 36.8 Å². The number of rotatable bonds is 14. The number of unbranched alkanes of at least 4 members (excludes halogenated alkanes) is 1. The van der Waals surface area contributed by atoms with Gasteiger partial charge in [-0.3, -0.25) is 9.59 Å². The van der Waals surface area contributed by atoms with Crippen LogP contribution in [0.2, 0.25) is 0 Å². The minimum atomic E-state index is -5.08. The Morgan fingerprint density at radius 3 is 1.87 bits per heavy atom. The third kappa shape index (κ3) is 13.2. The minimum Gasteiger partial charge on any atom is -0.475 e.